The van der Waals surface area contributed by atoms with Crippen LogP contribution in [-0.4, -0.2) is 9.97 Å². The average Bonchev–Trinajstić information content (AvgIpc) is 3.30. The van der Waals surface area contributed by atoms with Crippen LogP contribution in [0.1, 0.15) is 11.1 Å². The van der Waals surface area contributed by atoms with Gasteiger partial charge in [-0.25, -0.2) is 0 Å². The molecule has 0 saturated carbocycles. The van der Waals surface area contributed by atoms with E-state index in [0.29, 0.717) is 0 Å². The zero-order valence-electron chi connectivity index (χ0n) is 32.4. The van der Waals surface area contributed by atoms with Gasteiger partial charge in [0.25, 0.3) is 0 Å². The molecule has 2 heterocycles. The van der Waals surface area contributed by atoms with Crippen molar-refractivity contribution in [3.05, 3.63) is 218 Å². The Balaban J connectivity index is 1.05. The van der Waals surface area contributed by atoms with Crippen LogP contribution in [0.5, 0.6) is 0 Å². The fraction of sp³-hybridized carbons (Fsp3) is 0.0370. The summed E-state index contributed by atoms with van der Waals surface area (Å²) in [5, 5.41) is 4.61. The molecule has 0 spiro atoms. The van der Waals surface area contributed by atoms with Crippen molar-refractivity contribution in [3.8, 4) is 22.5 Å². The van der Waals surface area contributed by atoms with Crippen LogP contribution in [0, 0.1) is 14.1 Å². The van der Waals surface area contributed by atoms with Crippen LogP contribution >= 0.6 is 31.6 Å². The molecule has 5 heteroatoms. The molecule has 1 aliphatic rings. The van der Waals surface area contributed by atoms with Gasteiger partial charge in [-0.3, -0.25) is 0 Å². The second kappa shape index (κ2) is 15.1. The van der Waals surface area contributed by atoms with E-state index in [-0.39, 0.29) is 0 Å². The summed E-state index contributed by atoms with van der Waals surface area (Å²) < 4.78 is 4.05. The molecule has 9 aromatic carbocycles. The van der Waals surface area contributed by atoms with Crippen molar-refractivity contribution in [1.82, 2.24) is 9.97 Å². The number of anilines is 3. The standard InChI is InChI=1S/C54H38IN3S/c1-36-15-5-10-22-46(36)55(40-16-3-2-4-17-40)35-37-27-29-38(30-28-37)51-52(57-54-45-21-9-7-19-43(45)42-18-6-8-20-44(42)53(54)56-51)39-31-33-41(34-32-39)58-47-23-11-13-25-49(47)59-50-26-14-12-24-48(50)58/h2-34H,35H2,1H3. The van der Waals surface area contributed by atoms with Crippen LogP contribution in [0.2, 0.25) is 0 Å². The maximum atomic E-state index is 5.60. The van der Waals surface area contributed by atoms with Crippen molar-refractivity contribution >= 4 is 81.2 Å². The van der Waals surface area contributed by atoms with E-state index in [4.69, 9.17) is 9.97 Å². The molecule has 0 saturated heterocycles. The Morgan fingerprint density at radius 1 is 0.458 bits per heavy atom. The van der Waals surface area contributed by atoms with E-state index in [0.717, 1.165) is 54.4 Å². The molecule has 11 rings (SSSR count). The first-order chi connectivity index (χ1) is 29.2. The molecule has 1 aliphatic heterocycles. The fourth-order valence-corrected chi connectivity index (χ4v) is 15.5. The normalized spacial score (nSPS) is 12.4. The van der Waals surface area contributed by atoms with Gasteiger partial charge in [0.2, 0.25) is 0 Å². The monoisotopic (exact) mass is 887 g/mol. The summed E-state index contributed by atoms with van der Waals surface area (Å²) in [6.07, 6.45) is 0. The van der Waals surface area contributed by atoms with Crippen LogP contribution in [0.3, 0.4) is 0 Å². The van der Waals surface area contributed by atoms with Crippen molar-refractivity contribution in [2.75, 3.05) is 4.90 Å². The number of hydrogen-bond acceptors (Lipinski definition) is 4. The van der Waals surface area contributed by atoms with Crippen LogP contribution in [0.4, 0.5) is 17.1 Å². The maximum absolute atomic E-state index is 5.60. The summed E-state index contributed by atoms with van der Waals surface area (Å²) in [7, 11) is 0. The third-order valence-electron chi connectivity index (χ3n) is 11.2. The van der Waals surface area contributed by atoms with Gasteiger partial charge in [-0.2, -0.15) is 0 Å². The van der Waals surface area contributed by atoms with E-state index in [1.165, 1.54) is 50.2 Å². The molecule has 10 aromatic rings. The van der Waals surface area contributed by atoms with Gasteiger partial charge < -0.3 is 0 Å². The van der Waals surface area contributed by atoms with Crippen molar-refractivity contribution < 1.29 is 0 Å². The summed E-state index contributed by atoms with van der Waals surface area (Å²) in [6.45, 7) is 2.26. The summed E-state index contributed by atoms with van der Waals surface area (Å²) in [6, 6.07) is 72.7. The Bertz CT molecular complexity index is 3140. The number of hydrogen-bond donors (Lipinski definition) is 0. The molecule has 0 fully saturated rings. The molecule has 0 aliphatic carbocycles. The Morgan fingerprint density at radius 3 is 1.51 bits per heavy atom. The van der Waals surface area contributed by atoms with E-state index >= 15 is 0 Å². The average molecular weight is 888 g/mol. The minimum atomic E-state index is -1.77. The second-order valence-corrected chi connectivity index (χ2v) is 21.2. The third kappa shape index (κ3) is 6.46. The Hall–Kier alpha value is -6.28. The van der Waals surface area contributed by atoms with Gasteiger partial charge in [0.05, 0.1) is 11.4 Å². The second-order valence-electron chi connectivity index (χ2n) is 14.9. The number of benzene rings is 9. The number of halogens is 1. The van der Waals surface area contributed by atoms with E-state index in [1.54, 1.807) is 0 Å². The molecular weight excluding hydrogens is 850 g/mol. The molecule has 3 nitrogen and oxygen atoms in total. The first kappa shape index (κ1) is 35.8. The molecular formula is C54H38IN3S. The van der Waals surface area contributed by atoms with Crippen molar-refractivity contribution in [2.45, 2.75) is 21.1 Å². The predicted octanol–water partition coefficient (Wildman–Crippen LogP) is 15.3. The fourth-order valence-electron chi connectivity index (χ4n) is 8.36. The van der Waals surface area contributed by atoms with Gasteiger partial charge in [0.15, 0.2) is 0 Å². The summed E-state index contributed by atoms with van der Waals surface area (Å²) in [5.41, 5.74) is 11.9. The van der Waals surface area contributed by atoms with E-state index in [2.05, 4.69) is 212 Å². The molecule has 0 atom stereocenters. The number of para-hydroxylation sites is 2. The molecule has 0 N–H and O–H groups in total. The van der Waals surface area contributed by atoms with Crippen molar-refractivity contribution in [1.29, 1.82) is 0 Å². The zero-order valence-corrected chi connectivity index (χ0v) is 35.4. The van der Waals surface area contributed by atoms with E-state index < -0.39 is 19.8 Å². The van der Waals surface area contributed by atoms with E-state index in [1.807, 2.05) is 11.8 Å². The SMILES string of the molecule is Cc1ccccc1I(Cc1ccc(-c2nc3c4ccccc4c4ccccc4c3nc2-c2ccc(N3c4ccccc4Sc4ccccc43)cc2)cc1)c1ccccc1. The quantitative estimate of drug-likeness (QED) is 0.0906. The number of nitrogens with zero attached hydrogens (tertiary/aromatic N) is 3. The Labute approximate surface area is 355 Å². The van der Waals surface area contributed by atoms with Gasteiger partial charge in [0.1, 0.15) is 0 Å². The number of alkyl halides is 1. The van der Waals surface area contributed by atoms with Crippen molar-refractivity contribution in [2.24, 2.45) is 0 Å². The predicted molar refractivity (Wildman–Crippen MR) is 257 cm³/mol. The molecule has 59 heavy (non-hydrogen) atoms. The first-order valence-corrected chi connectivity index (χ1v) is 24.4. The van der Waals surface area contributed by atoms with Gasteiger partial charge in [-0.05, 0) is 24.3 Å². The number of fused-ring (bicyclic) bond motifs is 8. The summed E-state index contributed by atoms with van der Waals surface area (Å²) >= 11 is 0.0559. The molecule has 0 amide bonds. The molecule has 1 aromatic heterocycles. The third-order valence-corrected chi connectivity index (χ3v) is 18.8. The van der Waals surface area contributed by atoms with Gasteiger partial charge >= 0.3 is 271 Å². The number of aryl methyl sites for hydroxylation is 1. The summed E-state index contributed by atoms with van der Waals surface area (Å²) in [5.74, 6) is 0. The Kier molecular flexibility index (Phi) is 9.20. The van der Waals surface area contributed by atoms with Crippen LogP contribution in [0.15, 0.2) is 210 Å². The zero-order chi connectivity index (χ0) is 39.3. The van der Waals surface area contributed by atoms with Gasteiger partial charge in [0, 0.05) is 9.79 Å². The van der Waals surface area contributed by atoms with Crippen molar-refractivity contribution in [3.63, 3.8) is 0 Å². The minimum absolute atomic E-state index is 0.880. The van der Waals surface area contributed by atoms with Crippen LogP contribution in [0.25, 0.3) is 55.1 Å². The molecule has 0 unspecified atom stereocenters. The van der Waals surface area contributed by atoms with Gasteiger partial charge in [-0.15, -0.1) is 0 Å². The van der Waals surface area contributed by atoms with Gasteiger partial charge in [-0.1, -0.05) is 42.1 Å². The van der Waals surface area contributed by atoms with E-state index in [9.17, 15) is 0 Å². The Morgan fingerprint density at radius 2 is 0.932 bits per heavy atom. The molecule has 0 radical (unpaired) electrons. The van der Waals surface area contributed by atoms with Crippen LogP contribution < -0.4 is 4.90 Å². The number of rotatable bonds is 7. The first-order valence-electron chi connectivity index (χ1n) is 19.9. The van der Waals surface area contributed by atoms with Crippen LogP contribution in [-0.2, 0) is 4.43 Å². The number of aromatic nitrogens is 2. The molecule has 282 valence electrons. The molecule has 0 bridgehead atoms. The summed E-state index contributed by atoms with van der Waals surface area (Å²) in [4.78, 5) is 16.1. The topological polar surface area (TPSA) is 29.0 Å².